The molecule has 1 saturated heterocycles. The average Bonchev–Trinajstić information content (AvgIpc) is 3.04. The van der Waals surface area contributed by atoms with Crippen LogP contribution in [0.3, 0.4) is 0 Å². The minimum Gasteiger partial charge on any atom is -0.495 e. The molecule has 1 fully saturated rings. The van der Waals surface area contributed by atoms with Gasteiger partial charge in [-0.1, -0.05) is 17.3 Å². The van der Waals surface area contributed by atoms with Crippen LogP contribution in [-0.2, 0) is 16.0 Å². The summed E-state index contributed by atoms with van der Waals surface area (Å²) in [6.07, 6.45) is 1.80. The third kappa shape index (κ3) is 3.87. The minimum atomic E-state index is -0.214. The molecule has 0 unspecified atom stereocenters. The maximum absolute atomic E-state index is 12.1. The van der Waals surface area contributed by atoms with Crippen molar-refractivity contribution in [1.82, 2.24) is 10.1 Å². The summed E-state index contributed by atoms with van der Waals surface area (Å²) in [5, 5.41) is 6.69. The van der Waals surface area contributed by atoms with Crippen molar-refractivity contribution in [3.8, 4) is 5.75 Å². The first-order chi connectivity index (χ1) is 11.3. The van der Waals surface area contributed by atoms with Crippen LogP contribution in [0, 0.1) is 0 Å². The van der Waals surface area contributed by atoms with E-state index in [0.29, 0.717) is 36.4 Å². The Kier molecular flexibility index (Phi) is 4.87. The number of aromatic nitrogens is 2. The van der Waals surface area contributed by atoms with Gasteiger partial charge >= 0.3 is 0 Å². The lowest BCUT2D eigenvalue weighted by Crippen LogP contribution is -2.16. The molecule has 7 heteroatoms. The number of carbonyl (C=O) groups excluding carboxylic acids is 1. The number of hydrogen-bond donors (Lipinski definition) is 1. The van der Waals surface area contributed by atoms with Crippen LogP contribution < -0.4 is 10.1 Å². The van der Waals surface area contributed by atoms with E-state index in [9.17, 15) is 4.79 Å². The summed E-state index contributed by atoms with van der Waals surface area (Å²) in [6, 6.07) is 7.23. The fourth-order valence-corrected chi connectivity index (χ4v) is 2.54. The van der Waals surface area contributed by atoms with E-state index < -0.39 is 0 Å². The predicted molar refractivity (Wildman–Crippen MR) is 82.4 cm³/mol. The number of carbonyl (C=O) groups is 1. The number of rotatable bonds is 5. The van der Waals surface area contributed by atoms with Crippen molar-refractivity contribution in [3.63, 3.8) is 0 Å². The van der Waals surface area contributed by atoms with E-state index in [1.807, 2.05) is 12.1 Å². The SMILES string of the molecule is COc1ccccc1NC(=O)Cc1noc(C2CCOCC2)n1. The van der Waals surface area contributed by atoms with E-state index in [2.05, 4.69) is 15.5 Å². The topological polar surface area (TPSA) is 86.5 Å². The van der Waals surface area contributed by atoms with Crippen LogP contribution in [0.25, 0.3) is 0 Å². The molecule has 1 amide bonds. The number of benzene rings is 1. The van der Waals surface area contributed by atoms with Crippen molar-refractivity contribution in [2.24, 2.45) is 0 Å². The first-order valence-corrected chi connectivity index (χ1v) is 7.59. The Balaban J connectivity index is 1.60. The van der Waals surface area contributed by atoms with Crippen LogP contribution in [0.1, 0.15) is 30.5 Å². The Labute approximate surface area is 134 Å². The van der Waals surface area contributed by atoms with Gasteiger partial charge < -0.3 is 19.3 Å². The number of nitrogens with zero attached hydrogens (tertiary/aromatic N) is 2. The van der Waals surface area contributed by atoms with Gasteiger partial charge in [-0.05, 0) is 25.0 Å². The molecule has 0 aliphatic carbocycles. The summed E-state index contributed by atoms with van der Waals surface area (Å²) in [7, 11) is 1.56. The number of amides is 1. The summed E-state index contributed by atoms with van der Waals surface area (Å²) in [5.74, 6) is 1.60. The maximum Gasteiger partial charge on any atom is 0.232 e. The molecule has 122 valence electrons. The van der Waals surface area contributed by atoms with Crippen molar-refractivity contribution in [2.45, 2.75) is 25.2 Å². The first-order valence-electron chi connectivity index (χ1n) is 7.59. The second-order valence-electron chi connectivity index (χ2n) is 5.36. The maximum atomic E-state index is 12.1. The van der Waals surface area contributed by atoms with E-state index >= 15 is 0 Å². The molecule has 0 bridgehead atoms. The van der Waals surface area contributed by atoms with E-state index in [4.69, 9.17) is 14.0 Å². The Morgan fingerprint density at radius 1 is 1.35 bits per heavy atom. The quantitative estimate of drug-likeness (QED) is 0.909. The zero-order chi connectivity index (χ0) is 16.1. The number of para-hydroxylation sites is 2. The molecule has 2 heterocycles. The monoisotopic (exact) mass is 317 g/mol. The minimum absolute atomic E-state index is 0.0603. The molecule has 1 aliphatic rings. The highest BCUT2D eigenvalue weighted by Crippen LogP contribution is 2.26. The highest BCUT2D eigenvalue weighted by molar-refractivity contribution is 5.93. The Morgan fingerprint density at radius 2 is 2.13 bits per heavy atom. The van der Waals surface area contributed by atoms with E-state index in [0.717, 1.165) is 12.8 Å². The summed E-state index contributed by atoms with van der Waals surface area (Å²) >= 11 is 0. The molecular weight excluding hydrogens is 298 g/mol. The van der Waals surface area contributed by atoms with Crippen LogP contribution in [0.4, 0.5) is 5.69 Å². The average molecular weight is 317 g/mol. The molecule has 7 nitrogen and oxygen atoms in total. The molecule has 0 atom stereocenters. The fraction of sp³-hybridized carbons (Fsp3) is 0.438. The van der Waals surface area contributed by atoms with Gasteiger partial charge in [0.05, 0.1) is 19.2 Å². The van der Waals surface area contributed by atoms with Crippen LogP contribution in [0.5, 0.6) is 5.75 Å². The highest BCUT2D eigenvalue weighted by atomic mass is 16.5. The second kappa shape index (κ2) is 7.23. The number of nitrogens with one attached hydrogen (secondary N) is 1. The third-order valence-corrected chi connectivity index (χ3v) is 3.75. The van der Waals surface area contributed by atoms with Crippen LogP contribution >= 0.6 is 0 Å². The lowest BCUT2D eigenvalue weighted by Gasteiger charge is -2.17. The van der Waals surface area contributed by atoms with Crippen LogP contribution in [-0.4, -0.2) is 36.4 Å². The van der Waals surface area contributed by atoms with Gasteiger partial charge in [-0.15, -0.1) is 0 Å². The van der Waals surface area contributed by atoms with Crippen LogP contribution in [0.15, 0.2) is 28.8 Å². The summed E-state index contributed by atoms with van der Waals surface area (Å²) in [4.78, 5) is 16.5. The number of methoxy groups -OCH3 is 1. The first kappa shape index (κ1) is 15.5. The van der Waals surface area contributed by atoms with Gasteiger partial charge in [0.2, 0.25) is 11.8 Å². The van der Waals surface area contributed by atoms with Gasteiger partial charge in [-0.25, -0.2) is 0 Å². The van der Waals surface area contributed by atoms with Gasteiger partial charge in [-0.2, -0.15) is 4.98 Å². The number of hydrogen-bond acceptors (Lipinski definition) is 6. The van der Waals surface area contributed by atoms with E-state index in [-0.39, 0.29) is 18.2 Å². The normalized spacial score (nSPS) is 15.3. The summed E-state index contributed by atoms with van der Waals surface area (Å²) in [5.41, 5.74) is 0.619. The molecule has 0 spiro atoms. The molecule has 2 aromatic rings. The van der Waals surface area contributed by atoms with Gasteiger partial charge in [0, 0.05) is 19.1 Å². The van der Waals surface area contributed by atoms with Crippen molar-refractivity contribution in [2.75, 3.05) is 25.6 Å². The molecular formula is C16H19N3O4. The Morgan fingerprint density at radius 3 is 2.91 bits per heavy atom. The highest BCUT2D eigenvalue weighted by Gasteiger charge is 2.22. The van der Waals surface area contributed by atoms with Crippen LogP contribution in [0.2, 0.25) is 0 Å². The molecule has 1 aliphatic heterocycles. The molecule has 1 aromatic heterocycles. The summed E-state index contributed by atoms with van der Waals surface area (Å²) in [6.45, 7) is 1.41. The number of ether oxygens (including phenoxy) is 2. The predicted octanol–water partition coefficient (Wildman–Crippen LogP) is 2.15. The molecule has 3 rings (SSSR count). The lowest BCUT2D eigenvalue weighted by atomic mass is 10.0. The smallest absolute Gasteiger partial charge is 0.232 e. The number of anilines is 1. The van der Waals surface area contributed by atoms with Gasteiger partial charge in [0.1, 0.15) is 5.75 Å². The lowest BCUT2D eigenvalue weighted by molar-refractivity contribution is -0.115. The molecule has 1 N–H and O–H groups in total. The molecule has 0 radical (unpaired) electrons. The third-order valence-electron chi connectivity index (χ3n) is 3.75. The van der Waals surface area contributed by atoms with Crippen molar-refractivity contribution < 1.29 is 18.8 Å². The Bertz CT molecular complexity index is 665. The van der Waals surface area contributed by atoms with Crippen molar-refractivity contribution >= 4 is 11.6 Å². The molecule has 23 heavy (non-hydrogen) atoms. The van der Waals surface area contributed by atoms with Crippen molar-refractivity contribution in [1.29, 1.82) is 0 Å². The largest absolute Gasteiger partial charge is 0.495 e. The standard InChI is InChI=1S/C16H19N3O4/c1-21-13-5-3-2-4-12(13)17-15(20)10-14-18-16(23-19-14)11-6-8-22-9-7-11/h2-5,11H,6-10H2,1H3,(H,17,20). The Hall–Kier alpha value is -2.41. The molecule has 1 aromatic carbocycles. The van der Waals surface area contributed by atoms with Gasteiger partial charge in [0.25, 0.3) is 0 Å². The zero-order valence-electron chi connectivity index (χ0n) is 12.9. The van der Waals surface area contributed by atoms with Gasteiger partial charge in [-0.3, -0.25) is 4.79 Å². The van der Waals surface area contributed by atoms with E-state index in [1.54, 1.807) is 19.2 Å². The molecule has 0 saturated carbocycles. The van der Waals surface area contributed by atoms with Crippen molar-refractivity contribution in [3.05, 3.63) is 36.0 Å². The zero-order valence-corrected chi connectivity index (χ0v) is 12.9. The summed E-state index contributed by atoms with van der Waals surface area (Å²) < 4.78 is 15.8. The second-order valence-corrected chi connectivity index (χ2v) is 5.36. The van der Waals surface area contributed by atoms with E-state index in [1.165, 1.54) is 0 Å². The van der Waals surface area contributed by atoms with Gasteiger partial charge in [0.15, 0.2) is 5.82 Å². The fourth-order valence-electron chi connectivity index (χ4n) is 2.54.